The van der Waals surface area contributed by atoms with Crippen molar-refractivity contribution in [3.63, 3.8) is 0 Å². The monoisotopic (exact) mass is 774 g/mol. The van der Waals surface area contributed by atoms with Gasteiger partial charge in [0.2, 0.25) is 0 Å². The number of allylic oxidation sites excluding steroid dienone is 2. The van der Waals surface area contributed by atoms with E-state index in [0.717, 1.165) is 51.4 Å². The van der Waals surface area contributed by atoms with Crippen molar-refractivity contribution in [3.8, 4) is 0 Å². The summed E-state index contributed by atoms with van der Waals surface area (Å²) in [6.45, 7) is 4.22. The molecule has 9 nitrogen and oxygen atoms in total. The van der Waals surface area contributed by atoms with Crippen molar-refractivity contribution in [3.05, 3.63) is 12.2 Å². The van der Waals surface area contributed by atoms with Crippen molar-refractivity contribution >= 4 is 19.8 Å². The summed E-state index contributed by atoms with van der Waals surface area (Å²) in [6.07, 6.45) is 36.6. The number of hydrogen-bond donors (Lipinski definition) is 0. The van der Waals surface area contributed by atoms with Crippen molar-refractivity contribution in [1.29, 1.82) is 0 Å². The first-order valence-corrected chi connectivity index (χ1v) is 23.4. The first kappa shape index (κ1) is 51.8. The van der Waals surface area contributed by atoms with Crippen LogP contribution in [0.1, 0.15) is 200 Å². The van der Waals surface area contributed by atoms with E-state index in [1.807, 2.05) is 21.1 Å². The summed E-state index contributed by atoms with van der Waals surface area (Å²) >= 11 is 0. The molecule has 0 bridgehead atoms. The normalized spacial score (nSPS) is 13.7. The van der Waals surface area contributed by atoms with E-state index in [1.54, 1.807) is 0 Å². The lowest BCUT2D eigenvalue weighted by Crippen LogP contribution is -2.37. The molecule has 0 N–H and O–H groups in total. The molecule has 0 aromatic heterocycles. The summed E-state index contributed by atoms with van der Waals surface area (Å²) < 4.78 is 33.9. The van der Waals surface area contributed by atoms with Gasteiger partial charge in [0.15, 0.2) is 6.10 Å². The van der Waals surface area contributed by atoms with Gasteiger partial charge in [0, 0.05) is 12.8 Å². The fourth-order valence-corrected chi connectivity index (χ4v) is 6.79. The molecule has 0 aromatic carbocycles. The predicted octanol–water partition coefficient (Wildman–Crippen LogP) is 11.6. The Balaban J connectivity index is 4.33. The molecule has 0 heterocycles. The highest BCUT2D eigenvalue weighted by atomic mass is 31.2. The molecule has 0 spiro atoms. The molecule has 0 saturated heterocycles. The Morgan fingerprint density at radius 2 is 0.962 bits per heavy atom. The van der Waals surface area contributed by atoms with Crippen molar-refractivity contribution in [2.45, 2.75) is 206 Å². The van der Waals surface area contributed by atoms with E-state index < -0.39 is 26.5 Å². The van der Waals surface area contributed by atoms with E-state index in [-0.39, 0.29) is 32.0 Å². The minimum absolute atomic E-state index is 0.0294. The number of phosphoric acid groups is 1. The number of rotatable bonds is 40. The minimum atomic E-state index is -4.62. The molecule has 0 rings (SSSR count). The Hall–Kier alpha value is -1.25. The second-order valence-electron chi connectivity index (χ2n) is 16.1. The number of hydrogen-bond acceptors (Lipinski definition) is 8. The number of carbonyl (C=O) groups excluding carboxylic acids is 2. The molecule has 0 aromatic rings. The Morgan fingerprint density at radius 1 is 0.566 bits per heavy atom. The molecule has 53 heavy (non-hydrogen) atoms. The van der Waals surface area contributed by atoms with Crippen LogP contribution in [0.5, 0.6) is 0 Å². The molecule has 0 aliphatic rings. The van der Waals surface area contributed by atoms with Gasteiger partial charge in [0.25, 0.3) is 7.82 Å². The summed E-state index contributed by atoms with van der Waals surface area (Å²) in [7, 11) is 1.17. The molecule has 314 valence electrons. The zero-order valence-corrected chi connectivity index (χ0v) is 36.1. The van der Waals surface area contributed by atoms with Crippen LogP contribution in [0.25, 0.3) is 0 Å². The zero-order valence-electron chi connectivity index (χ0n) is 35.2. The van der Waals surface area contributed by atoms with Crippen LogP contribution in [-0.4, -0.2) is 70.0 Å². The fourth-order valence-electron chi connectivity index (χ4n) is 6.06. The van der Waals surface area contributed by atoms with Crippen LogP contribution < -0.4 is 4.89 Å². The molecule has 2 unspecified atom stereocenters. The van der Waals surface area contributed by atoms with Crippen LogP contribution in [0.4, 0.5) is 0 Å². The van der Waals surface area contributed by atoms with Crippen molar-refractivity contribution < 1.29 is 42.1 Å². The van der Waals surface area contributed by atoms with Crippen LogP contribution in [0.3, 0.4) is 0 Å². The smallest absolute Gasteiger partial charge is 0.306 e. The molecule has 0 aliphatic heterocycles. The molecular weight excluding hydrogens is 689 g/mol. The predicted molar refractivity (Wildman–Crippen MR) is 218 cm³/mol. The van der Waals surface area contributed by atoms with Crippen LogP contribution >= 0.6 is 7.82 Å². The number of unbranched alkanes of at least 4 members (excludes halogenated alkanes) is 24. The molecule has 0 radical (unpaired) electrons. The Morgan fingerprint density at radius 3 is 1.42 bits per heavy atom. The number of ether oxygens (including phenoxy) is 2. The van der Waals surface area contributed by atoms with Crippen LogP contribution in [0.2, 0.25) is 0 Å². The van der Waals surface area contributed by atoms with Gasteiger partial charge >= 0.3 is 11.9 Å². The van der Waals surface area contributed by atoms with Crippen molar-refractivity contribution in [2.24, 2.45) is 0 Å². The number of phosphoric ester groups is 1. The van der Waals surface area contributed by atoms with E-state index in [2.05, 4.69) is 26.0 Å². The average Bonchev–Trinajstić information content (AvgIpc) is 3.10. The Labute approximate surface area is 326 Å². The lowest BCUT2D eigenvalue weighted by molar-refractivity contribution is -0.870. The zero-order chi connectivity index (χ0) is 39.3. The molecule has 2 atom stereocenters. The fraction of sp³-hybridized carbons (Fsp3) is 0.907. The lowest BCUT2D eigenvalue weighted by atomic mass is 10.0. The van der Waals surface area contributed by atoms with Gasteiger partial charge in [-0.25, -0.2) is 0 Å². The standard InChI is InChI=1S/C43H84NO8P/c1-6-8-10-12-14-16-18-20-21-22-24-25-27-29-31-33-35-42(45)49-39-41(40-51-53(47,48)50-38-37-44(3,4)5)52-43(46)36-34-32-30-28-26-23-19-17-15-13-11-9-7-2/h17,19,41H,6-16,18,20-40H2,1-5H3/b19-17-. The Kier molecular flexibility index (Phi) is 35.5. The average molecular weight is 774 g/mol. The highest BCUT2D eigenvalue weighted by Gasteiger charge is 2.21. The van der Waals surface area contributed by atoms with Gasteiger partial charge in [-0.05, 0) is 38.5 Å². The van der Waals surface area contributed by atoms with Gasteiger partial charge in [0.05, 0.1) is 27.7 Å². The van der Waals surface area contributed by atoms with E-state index in [1.165, 1.54) is 116 Å². The quantitative estimate of drug-likeness (QED) is 0.0199. The SMILES string of the molecule is CCCCCC/C=C\CCCCCCCC(=O)OC(COC(=O)CCCCCCCCCCCCCCCCCC)COP(=O)([O-])OCC[N+](C)(C)C. The second kappa shape index (κ2) is 36.4. The minimum Gasteiger partial charge on any atom is -0.756 e. The van der Waals surface area contributed by atoms with E-state index in [0.29, 0.717) is 17.4 Å². The van der Waals surface area contributed by atoms with Gasteiger partial charge in [0.1, 0.15) is 19.8 Å². The molecule has 10 heteroatoms. The first-order valence-electron chi connectivity index (χ1n) is 21.9. The van der Waals surface area contributed by atoms with Gasteiger partial charge in [-0.2, -0.15) is 0 Å². The molecule has 0 aliphatic carbocycles. The summed E-state index contributed by atoms with van der Waals surface area (Å²) in [5.74, 6) is -0.836. The molecule has 0 saturated carbocycles. The van der Waals surface area contributed by atoms with Crippen LogP contribution in [0, 0.1) is 0 Å². The molecule has 0 fully saturated rings. The third kappa shape index (κ3) is 40.2. The van der Waals surface area contributed by atoms with Gasteiger partial charge in [-0.3, -0.25) is 14.2 Å². The lowest BCUT2D eigenvalue weighted by Gasteiger charge is -2.28. The highest BCUT2D eigenvalue weighted by molar-refractivity contribution is 7.45. The maximum absolute atomic E-state index is 12.6. The highest BCUT2D eigenvalue weighted by Crippen LogP contribution is 2.38. The summed E-state index contributed by atoms with van der Waals surface area (Å²) in [5.41, 5.74) is 0. The number of carbonyl (C=O) groups is 2. The molecular formula is C43H84NO8P. The number of likely N-dealkylation sites (N-methyl/N-ethyl adjacent to an activating group) is 1. The third-order valence-electron chi connectivity index (χ3n) is 9.54. The number of nitrogens with zero attached hydrogens (tertiary/aromatic N) is 1. The van der Waals surface area contributed by atoms with Gasteiger partial charge in [-0.1, -0.05) is 161 Å². The van der Waals surface area contributed by atoms with E-state index in [9.17, 15) is 19.0 Å². The van der Waals surface area contributed by atoms with Crippen LogP contribution in [-0.2, 0) is 32.7 Å². The third-order valence-corrected chi connectivity index (χ3v) is 10.5. The Bertz CT molecular complexity index is 922. The summed E-state index contributed by atoms with van der Waals surface area (Å²) in [6, 6.07) is 0. The van der Waals surface area contributed by atoms with E-state index >= 15 is 0 Å². The maximum atomic E-state index is 12.6. The summed E-state index contributed by atoms with van der Waals surface area (Å²) in [5, 5.41) is 0. The second-order valence-corrected chi connectivity index (χ2v) is 17.5. The van der Waals surface area contributed by atoms with Crippen molar-refractivity contribution in [1.82, 2.24) is 0 Å². The molecule has 0 amide bonds. The van der Waals surface area contributed by atoms with Crippen molar-refractivity contribution in [2.75, 3.05) is 47.5 Å². The number of esters is 2. The largest absolute Gasteiger partial charge is 0.756 e. The number of quaternary nitrogens is 1. The maximum Gasteiger partial charge on any atom is 0.306 e. The van der Waals surface area contributed by atoms with Gasteiger partial charge in [-0.15, -0.1) is 0 Å². The van der Waals surface area contributed by atoms with Crippen LogP contribution in [0.15, 0.2) is 12.2 Å². The first-order chi connectivity index (χ1) is 25.5. The van der Waals surface area contributed by atoms with E-state index in [4.69, 9.17) is 18.5 Å². The van der Waals surface area contributed by atoms with Gasteiger partial charge < -0.3 is 27.9 Å². The topological polar surface area (TPSA) is 111 Å². The summed E-state index contributed by atoms with van der Waals surface area (Å²) in [4.78, 5) is 37.5.